The first-order valence-electron chi connectivity index (χ1n) is 13.2. The van der Waals surface area contributed by atoms with Crippen molar-refractivity contribution in [3.8, 4) is 11.1 Å². The number of rotatable bonds is 6. The Morgan fingerprint density at radius 1 is 1.03 bits per heavy atom. The van der Waals surface area contributed by atoms with Crippen LogP contribution in [0.1, 0.15) is 67.3 Å². The van der Waals surface area contributed by atoms with Crippen LogP contribution in [0.15, 0.2) is 54.9 Å². The van der Waals surface area contributed by atoms with E-state index in [2.05, 4.69) is 20.9 Å². The molecule has 2 aromatic carbocycles. The number of halogens is 1. The van der Waals surface area contributed by atoms with Gasteiger partial charge >= 0.3 is 0 Å². The van der Waals surface area contributed by atoms with Gasteiger partial charge in [0, 0.05) is 59.8 Å². The SMILES string of the molecule is O=C(CC1CCC[C@H](CO)CC1)c1ccc2c(c1)N(c1ncc(-c3ccccc3F)cn1)CC21CC1. The molecule has 186 valence electrons. The molecule has 1 spiro atoms. The second-order valence-electron chi connectivity index (χ2n) is 10.9. The number of carbonyl (C=O) groups excluding carboxylic acids is 1. The Bertz CT molecular complexity index is 1270. The van der Waals surface area contributed by atoms with Gasteiger partial charge in [-0.15, -0.1) is 0 Å². The van der Waals surface area contributed by atoms with Gasteiger partial charge in [-0.05, 0) is 68.1 Å². The lowest BCUT2D eigenvalue weighted by molar-refractivity contribution is 0.0956. The minimum Gasteiger partial charge on any atom is -0.396 e. The van der Waals surface area contributed by atoms with E-state index in [-0.39, 0.29) is 23.6 Å². The summed E-state index contributed by atoms with van der Waals surface area (Å²) < 4.78 is 14.2. The van der Waals surface area contributed by atoms with E-state index in [1.807, 2.05) is 12.1 Å². The summed E-state index contributed by atoms with van der Waals surface area (Å²) in [6.45, 7) is 1.07. The molecule has 1 N–H and O–H groups in total. The summed E-state index contributed by atoms with van der Waals surface area (Å²) in [6, 6.07) is 12.8. The number of anilines is 2. The predicted molar refractivity (Wildman–Crippen MR) is 138 cm³/mol. The smallest absolute Gasteiger partial charge is 0.229 e. The number of nitrogens with zero attached hydrogens (tertiary/aromatic N) is 3. The van der Waals surface area contributed by atoms with Crippen molar-refractivity contribution in [3.63, 3.8) is 0 Å². The van der Waals surface area contributed by atoms with Crippen molar-refractivity contribution >= 4 is 17.4 Å². The standard InChI is InChI=1S/C30H32FN3O2/c31-26-7-2-1-6-24(26)23-16-32-29(33-17-23)34-19-30(12-13-30)25-11-10-22(15-27(25)34)28(36)14-20-4-3-5-21(18-35)9-8-20/h1-2,6-7,10-11,15-17,20-21,35H,3-5,8-9,12-14,18-19H2/t20?,21-/m0/s1. The Kier molecular flexibility index (Phi) is 6.08. The van der Waals surface area contributed by atoms with Crippen molar-refractivity contribution in [1.82, 2.24) is 9.97 Å². The van der Waals surface area contributed by atoms with E-state index in [1.54, 1.807) is 30.6 Å². The van der Waals surface area contributed by atoms with Crippen molar-refractivity contribution in [3.05, 3.63) is 71.8 Å². The first-order chi connectivity index (χ1) is 17.6. The molecule has 0 saturated heterocycles. The molecule has 3 aliphatic rings. The molecule has 1 aliphatic heterocycles. The van der Waals surface area contributed by atoms with Crippen LogP contribution in [0.4, 0.5) is 16.0 Å². The number of Topliss-reactive ketones (excluding diaryl/α,β-unsaturated/α-hetero) is 1. The van der Waals surface area contributed by atoms with Crippen molar-refractivity contribution in [2.45, 2.75) is 56.8 Å². The highest BCUT2D eigenvalue weighted by Gasteiger charge is 2.52. The predicted octanol–water partition coefficient (Wildman–Crippen LogP) is 6.23. The van der Waals surface area contributed by atoms with Gasteiger partial charge < -0.3 is 10.0 Å². The number of aromatic nitrogens is 2. The minimum atomic E-state index is -0.291. The Balaban J connectivity index is 1.24. The molecule has 2 fully saturated rings. The van der Waals surface area contributed by atoms with E-state index in [0.717, 1.165) is 62.7 Å². The first kappa shape index (κ1) is 23.3. The summed E-state index contributed by atoms with van der Waals surface area (Å²) in [6.07, 6.45) is 11.4. The van der Waals surface area contributed by atoms with Gasteiger partial charge in [-0.2, -0.15) is 0 Å². The third-order valence-corrected chi connectivity index (χ3v) is 8.50. The highest BCUT2D eigenvalue weighted by Crippen LogP contribution is 2.57. The molecule has 2 atom stereocenters. The van der Waals surface area contributed by atoms with Gasteiger partial charge in [0.15, 0.2) is 5.78 Å². The lowest BCUT2D eigenvalue weighted by atomic mass is 9.90. The summed E-state index contributed by atoms with van der Waals surface area (Å²) >= 11 is 0. The van der Waals surface area contributed by atoms with Gasteiger partial charge in [-0.3, -0.25) is 4.79 Å². The molecule has 1 unspecified atom stereocenters. The molecule has 1 aromatic heterocycles. The van der Waals surface area contributed by atoms with Gasteiger partial charge in [0.2, 0.25) is 5.95 Å². The van der Waals surface area contributed by atoms with E-state index in [4.69, 9.17) is 0 Å². The van der Waals surface area contributed by atoms with Crippen LogP contribution in [0, 0.1) is 17.7 Å². The highest BCUT2D eigenvalue weighted by atomic mass is 19.1. The number of benzene rings is 2. The average molecular weight is 486 g/mol. The first-order valence-corrected chi connectivity index (χ1v) is 13.2. The topological polar surface area (TPSA) is 66.3 Å². The molecule has 6 rings (SSSR count). The Morgan fingerprint density at radius 2 is 1.78 bits per heavy atom. The zero-order valence-corrected chi connectivity index (χ0v) is 20.5. The number of hydrogen-bond acceptors (Lipinski definition) is 5. The molecule has 2 heterocycles. The summed E-state index contributed by atoms with van der Waals surface area (Å²) in [5, 5.41) is 9.50. The Hall–Kier alpha value is -3.12. The van der Waals surface area contributed by atoms with E-state index >= 15 is 0 Å². The van der Waals surface area contributed by atoms with Gasteiger partial charge in [0.25, 0.3) is 0 Å². The molecule has 0 radical (unpaired) electrons. The van der Waals surface area contributed by atoms with Crippen molar-refractivity contribution in [2.75, 3.05) is 18.1 Å². The van der Waals surface area contributed by atoms with Crippen LogP contribution in [-0.2, 0) is 5.41 Å². The van der Waals surface area contributed by atoms with Crippen LogP contribution < -0.4 is 4.90 Å². The third kappa shape index (κ3) is 4.32. The average Bonchev–Trinajstić information content (AvgIpc) is 3.66. The fourth-order valence-electron chi connectivity index (χ4n) is 6.12. The third-order valence-electron chi connectivity index (χ3n) is 8.50. The second kappa shape index (κ2) is 9.40. The lowest BCUT2D eigenvalue weighted by Gasteiger charge is -2.19. The fourth-order valence-corrected chi connectivity index (χ4v) is 6.12. The molecule has 5 nitrogen and oxygen atoms in total. The van der Waals surface area contributed by atoms with Crippen LogP contribution in [-0.4, -0.2) is 34.0 Å². The maximum absolute atomic E-state index is 14.2. The maximum atomic E-state index is 14.2. The summed E-state index contributed by atoms with van der Waals surface area (Å²) in [5.41, 5.74) is 4.32. The summed E-state index contributed by atoms with van der Waals surface area (Å²) in [4.78, 5) is 24.6. The van der Waals surface area contributed by atoms with Crippen molar-refractivity contribution < 1.29 is 14.3 Å². The molecular formula is C30H32FN3O2. The number of aliphatic hydroxyl groups is 1. The summed E-state index contributed by atoms with van der Waals surface area (Å²) in [5.74, 6) is 1.27. The largest absolute Gasteiger partial charge is 0.396 e. The zero-order chi connectivity index (χ0) is 24.7. The number of fused-ring (bicyclic) bond motifs is 2. The van der Waals surface area contributed by atoms with Crippen LogP contribution in [0.5, 0.6) is 0 Å². The molecule has 2 saturated carbocycles. The molecule has 3 aromatic rings. The zero-order valence-electron chi connectivity index (χ0n) is 20.5. The van der Waals surface area contributed by atoms with Crippen LogP contribution in [0.3, 0.4) is 0 Å². The van der Waals surface area contributed by atoms with E-state index < -0.39 is 0 Å². The van der Waals surface area contributed by atoms with Gasteiger partial charge in [0.1, 0.15) is 5.82 Å². The summed E-state index contributed by atoms with van der Waals surface area (Å²) in [7, 11) is 0. The monoisotopic (exact) mass is 485 g/mol. The lowest BCUT2D eigenvalue weighted by Crippen LogP contribution is -2.21. The number of carbonyl (C=O) groups is 1. The van der Waals surface area contributed by atoms with Crippen LogP contribution in [0.2, 0.25) is 0 Å². The highest BCUT2D eigenvalue weighted by molar-refractivity contribution is 5.98. The Labute approximate surface area is 211 Å². The number of hydrogen-bond donors (Lipinski definition) is 1. The molecule has 6 heteroatoms. The molecule has 0 amide bonds. The van der Waals surface area contributed by atoms with Crippen LogP contribution >= 0.6 is 0 Å². The molecular weight excluding hydrogens is 453 g/mol. The van der Waals surface area contributed by atoms with Gasteiger partial charge in [-0.1, -0.05) is 36.8 Å². The molecule has 36 heavy (non-hydrogen) atoms. The number of ketones is 1. The van der Waals surface area contributed by atoms with Gasteiger partial charge in [0.05, 0.1) is 0 Å². The molecule has 0 bridgehead atoms. The normalized spacial score (nSPS) is 22.3. The van der Waals surface area contributed by atoms with Crippen molar-refractivity contribution in [1.29, 1.82) is 0 Å². The maximum Gasteiger partial charge on any atom is 0.229 e. The van der Waals surface area contributed by atoms with E-state index in [0.29, 0.717) is 35.3 Å². The quantitative estimate of drug-likeness (QED) is 0.331. The van der Waals surface area contributed by atoms with Crippen LogP contribution in [0.25, 0.3) is 11.1 Å². The Morgan fingerprint density at radius 3 is 2.53 bits per heavy atom. The minimum absolute atomic E-state index is 0.130. The second-order valence-corrected chi connectivity index (χ2v) is 10.9. The molecule has 2 aliphatic carbocycles. The van der Waals surface area contributed by atoms with E-state index in [1.165, 1.54) is 11.6 Å². The van der Waals surface area contributed by atoms with E-state index in [9.17, 15) is 14.3 Å². The van der Waals surface area contributed by atoms with Crippen molar-refractivity contribution in [2.24, 2.45) is 11.8 Å². The fraction of sp³-hybridized carbons (Fsp3) is 0.433. The van der Waals surface area contributed by atoms with Gasteiger partial charge in [-0.25, -0.2) is 14.4 Å². The number of aliphatic hydroxyl groups excluding tert-OH is 1.